The van der Waals surface area contributed by atoms with Crippen LogP contribution in [0.1, 0.15) is 27.9 Å². The summed E-state index contributed by atoms with van der Waals surface area (Å²) in [6, 6.07) is 2.91. The molecular weight excluding hydrogens is 324 g/mol. The summed E-state index contributed by atoms with van der Waals surface area (Å²) in [6.07, 6.45) is 0.528. The number of carbonyl (C=O) groups excluding carboxylic acids is 2. The van der Waals surface area contributed by atoms with Gasteiger partial charge in [0, 0.05) is 30.8 Å². The third-order valence-corrected chi connectivity index (χ3v) is 4.46. The summed E-state index contributed by atoms with van der Waals surface area (Å²) in [4.78, 5) is 30.1. The zero-order valence-corrected chi connectivity index (χ0v) is 13.0. The number of hydrogen-bond donors (Lipinski definition) is 1. The quantitative estimate of drug-likeness (QED) is 0.916. The highest BCUT2D eigenvalue weighted by molar-refractivity contribution is 7.15. The molecule has 0 spiro atoms. The molecule has 0 fully saturated rings. The summed E-state index contributed by atoms with van der Waals surface area (Å²) in [7, 11) is 0. The number of anilines is 1. The van der Waals surface area contributed by atoms with Crippen LogP contribution in [0.25, 0.3) is 0 Å². The predicted octanol–water partition coefficient (Wildman–Crippen LogP) is 2.58. The van der Waals surface area contributed by atoms with E-state index >= 15 is 0 Å². The molecule has 0 atom stereocenters. The molecule has 1 aromatic heterocycles. The van der Waals surface area contributed by atoms with Gasteiger partial charge >= 0.3 is 0 Å². The summed E-state index contributed by atoms with van der Waals surface area (Å²) in [5, 5.41) is 3.11. The number of rotatable bonds is 2. The molecular formula is C15H13F2N3O2S. The summed E-state index contributed by atoms with van der Waals surface area (Å²) < 4.78 is 26.7. The monoisotopic (exact) mass is 337 g/mol. The van der Waals surface area contributed by atoms with E-state index in [9.17, 15) is 18.4 Å². The van der Waals surface area contributed by atoms with Crippen LogP contribution in [-0.4, -0.2) is 28.2 Å². The standard InChI is InChI=1S/C15H13F2N3O2S/c1-8(21)18-15-19-12-4-5-20(7-13(12)23-15)14(22)10-3-2-9(16)6-11(10)17/h2-3,6H,4-5,7H2,1H3,(H,18,19,21). The van der Waals surface area contributed by atoms with Crippen LogP contribution >= 0.6 is 11.3 Å². The molecule has 2 amide bonds. The van der Waals surface area contributed by atoms with Gasteiger partial charge < -0.3 is 10.2 Å². The Labute approximate surface area is 134 Å². The van der Waals surface area contributed by atoms with Gasteiger partial charge in [0.25, 0.3) is 5.91 Å². The minimum Gasteiger partial charge on any atom is -0.333 e. The Morgan fingerprint density at radius 3 is 2.83 bits per heavy atom. The van der Waals surface area contributed by atoms with Gasteiger partial charge in [0.05, 0.1) is 17.8 Å². The van der Waals surface area contributed by atoms with E-state index in [0.29, 0.717) is 30.7 Å². The number of fused-ring (bicyclic) bond motifs is 1. The molecule has 8 heteroatoms. The fraction of sp³-hybridized carbons (Fsp3) is 0.267. The van der Waals surface area contributed by atoms with E-state index < -0.39 is 17.5 Å². The molecule has 0 radical (unpaired) electrons. The molecule has 1 aliphatic rings. The highest BCUT2D eigenvalue weighted by Crippen LogP contribution is 2.29. The molecule has 0 aliphatic carbocycles. The van der Waals surface area contributed by atoms with Crippen molar-refractivity contribution in [2.75, 3.05) is 11.9 Å². The molecule has 3 rings (SSSR count). The van der Waals surface area contributed by atoms with Gasteiger partial charge in [-0.3, -0.25) is 9.59 Å². The Morgan fingerprint density at radius 1 is 1.35 bits per heavy atom. The second-order valence-corrected chi connectivity index (χ2v) is 6.25. The lowest BCUT2D eigenvalue weighted by molar-refractivity contribution is -0.114. The van der Waals surface area contributed by atoms with Crippen molar-refractivity contribution < 1.29 is 18.4 Å². The number of carbonyl (C=O) groups is 2. The topological polar surface area (TPSA) is 62.3 Å². The van der Waals surface area contributed by atoms with E-state index in [4.69, 9.17) is 0 Å². The van der Waals surface area contributed by atoms with Crippen molar-refractivity contribution in [3.8, 4) is 0 Å². The summed E-state index contributed by atoms with van der Waals surface area (Å²) in [5.41, 5.74) is 0.684. The molecule has 1 N–H and O–H groups in total. The van der Waals surface area contributed by atoms with Crippen molar-refractivity contribution in [2.24, 2.45) is 0 Å². The van der Waals surface area contributed by atoms with Gasteiger partial charge in [-0.05, 0) is 12.1 Å². The van der Waals surface area contributed by atoms with Crippen LogP contribution in [0.2, 0.25) is 0 Å². The molecule has 2 aromatic rings. The maximum absolute atomic E-state index is 13.8. The number of nitrogens with one attached hydrogen (secondary N) is 1. The van der Waals surface area contributed by atoms with Crippen molar-refractivity contribution in [1.29, 1.82) is 0 Å². The first-order valence-electron chi connectivity index (χ1n) is 6.94. The first-order valence-corrected chi connectivity index (χ1v) is 7.76. The van der Waals surface area contributed by atoms with E-state index in [1.54, 1.807) is 0 Å². The smallest absolute Gasteiger partial charge is 0.257 e. The third-order valence-electron chi connectivity index (χ3n) is 3.46. The number of aromatic nitrogens is 1. The number of amides is 2. The minimum atomic E-state index is -0.871. The number of halogens is 2. The molecule has 120 valence electrons. The van der Waals surface area contributed by atoms with Gasteiger partial charge in [-0.2, -0.15) is 0 Å². The SMILES string of the molecule is CC(=O)Nc1nc2c(s1)CN(C(=O)c1ccc(F)cc1F)CC2. The van der Waals surface area contributed by atoms with Gasteiger partial charge in [0.2, 0.25) is 5.91 Å². The Morgan fingerprint density at radius 2 is 2.13 bits per heavy atom. The molecule has 1 aromatic carbocycles. The lowest BCUT2D eigenvalue weighted by Crippen LogP contribution is -2.36. The summed E-state index contributed by atoms with van der Waals surface area (Å²) in [5.74, 6) is -2.29. The van der Waals surface area contributed by atoms with Gasteiger partial charge in [0.15, 0.2) is 5.13 Å². The van der Waals surface area contributed by atoms with Crippen LogP contribution in [0.15, 0.2) is 18.2 Å². The van der Waals surface area contributed by atoms with E-state index in [1.807, 2.05) is 0 Å². The second kappa shape index (κ2) is 6.04. The molecule has 0 saturated carbocycles. The maximum Gasteiger partial charge on any atom is 0.257 e. The van der Waals surface area contributed by atoms with Gasteiger partial charge in [-0.25, -0.2) is 13.8 Å². The fourth-order valence-corrected chi connectivity index (χ4v) is 3.48. The van der Waals surface area contributed by atoms with Crippen LogP contribution in [0.3, 0.4) is 0 Å². The van der Waals surface area contributed by atoms with E-state index in [2.05, 4.69) is 10.3 Å². The highest BCUT2D eigenvalue weighted by atomic mass is 32.1. The zero-order valence-electron chi connectivity index (χ0n) is 12.2. The normalized spacial score (nSPS) is 13.6. The van der Waals surface area contributed by atoms with Crippen LogP contribution < -0.4 is 5.32 Å². The number of benzene rings is 1. The van der Waals surface area contributed by atoms with Crippen molar-refractivity contribution in [1.82, 2.24) is 9.88 Å². The number of thiazole rings is 1. The first kappa shape index (κ1) is 15.5. The second-order valence-electron chi connectivity index (χ2n) is 5.17. The number of hydrogen-bond acceptors (Lipinski definition) is 4. The van der Waals surface area contributed by atoms with Gasteiger partial charge in [-0.15, -0.1) is 0 Å². The molecule has 2 heterocycles. The van der Waals surface area contributed by atoms with Crippen molar-refractivity contribution in [3.05, 3.63) is 46.0 Å². The summed E-state index contributed by atoms with van der Waals surface area (Å²) in [6.45, 7) is 2.08. The predicted molar refractivity (Wildman–Crippen MR) is 81.2 cm³/mol. The van der Waals surface area contributed by atoms with E-state index in [-0.39, 0.29) is 11.5 Å². The maximum atomic E-state index is 13.8. The van der Waals surface area contributed by atoms with E-state index in [0.717, 1.165) is 22.7 Å². The Hall–Kier alpha value is -2.35. The van der Waals surface area contributed by atoms with Crippen LogP contribution in [0.5, 0.6) is 0 Å². The van der Waals surface area contributed by atoms with E-state index in [1.165, 1.54) is 23.2 Å². The Kier molecular flexibility index (Phi) is 4.08. The average Bonchev–Trinajstić information content (AvgIpc) is 2.86. The molecule has 0 unspecified atom stereocenters. The van der Waals surface area contributed by atoms with Crippen LogP contribution in [-0.2, 0) is 17.8 Å². The Balaban J connectivity index is 1.79. The largest absolute Gasteiger partial charge is 0.333 e. The number of nitrogens with zero attached hydrogens (tertiary/aromatic N) is 2. The van der Waals surface area contributed by atoms with Crippen LogP contribution in [0.4, 0.5) is 13.9 Å². The van der Waals surface area contributed by atoms with Gasteiger partial charge in [0.1, 0.15) is 11.6 Å². The summed E-state index contributed by atoms with van der Waals surface area (Å²) >= 11 is 1.30. The van der Waals surface area contributed by atoms with Crippen molar-refractivity contribution in [3.63, 3.8) is 0 Å². The molecule has 5 nitrogen and oxygen atoms in total. The molecule has 1 aliphatic heterocycles. The fourth-order valence-electron chi connectivity index (χ4n) is 2.41. The molecule has 0 saturated heterocycles. The van der Waals surface area contributed by atoms with Gasteiger partial charge in [-0.1, -0.05) is 11.3 Å². The lowest BCUT2D eigenvalue weighted by atomic mass is 10.1. The average molecular weight is 337 g/mol. The van der Waals surface area contributed by atoms with Crippen LogP contribution in [0, 0.1) is 11.6 Å². The minimum absolute atomic E-state index is 0.151. The highest BCUT2D eigenvalue weighted by Gasteiger charge is 2.26. The van der Waals surface area contributed by atoms with Crippen molar-refractivity contribution in [2.45, 2.75) is 19.9 Å². The lowest BCUT2D eigenvalue weighted by Gasteiger charge is -2.26. The first-order chi connectivity index (χ1) is 10.9. The molecule has 23 heavy (non-hydrogen) atoms. The Bertz CT molecular complexity index is 791. The molecule has 0 bridgehead atoms. The zero-order chi connectivity index (χ0) is 16.6. The van der Waals surface area contributed by atoms with Crippen molar-refractivity contribution >= 4 is 28.3 Å². The third kappa shape index (κ3) is 3.21.